The Hall–Kier alpha value is -0.780. The van der Waals surface area contributed by atoms with Gasteiger partial charge in [-0.15, -0.1) is 0 Å². The molecule has 0 N–H and O–H groups in total. The minimum atomic E-state index is 0.833. The van der Waals surface area contributed by atoms with E-state index in [4.69, 9.17) is 0 Å². The van der Waals surface area contributed by atoms with Crippen LogP contribution in [0.1, 0.15) is 31.9 Å². The van der Waals surface area contributed by atoms with Crippen LogP contribution in [0.15, 0.2) is 24.3 Å². The SMILES string of the molecule is CC(C)C.Cc1cccc(C)c1. The van der Waals surface area contributed by atoms with Crippen molar-refractivity contribution in [2.75, 3.05) is 0 Å². The monoisotopic (exact) mass is 164 g/mol. The molecule has 0 unspecified atom stereocenters. The fraction of sp³-hybridized carbons (Fsp3) is 0.500. The van der Waals surface area contributed by atoms with Crippen LogP contribution in [-0.2, 0) is 0 Å². The van der Waals surface area contributed by atoms with Gasteiger partial charge in [0.15, 0.2) is 0 Å². The maximum Gasteiger partial charge on any atom is -0.0398 e. The lowest BCUT2D eigenvalue weighted by atomic mass is 10.2. The average Bonchev–Trinajstić information content (AvgIpc) is 1.84. The van der Waals surface area contributed by atoms with E-state index in [1.54, 1.807) is 0 Å². The second-order valence-corrected chi connectivity index (χ2v) is 3.89. The maximum absolute atomic E-state index is 2.17. The lowest BCUT2D eigenvalue weighted by Crippen LogP contribution is -1.71. The molecule has 0 bridgehead atoms. The Morgan fingerprint density at radius 3 is 1.42 bits per heavy atom. The third-order valence-corrected chi connectivity index (χ3v) is 1.17. The zero-order chi connectivity index (χ0) is 9.56. The number of hydrogen-bond acceptors (Lipinski definition) is 0. The average molecular weight is 164 g/mol. The van der Waals surface area contributed by atoms with Gasteiger partial charge in [0, 0.05) is 0 Å². The predicted molar refractivity (Wildman–Crippen MR) is 56.4 cm³/mol. The van der Waals surface area contributed by atoms with E-state index in [2.05, 4.69) is 58.9 Å². The van der Waals surface area contributed by atoms with Gasteiger partial charge in [0.25, 0.3) is 0 Å². The minimum Gasteiger partial charge on any atom is -0.0630 e. The van der Waals surface area contributed by atoms with Crippen LogP contribution in [0, 0.1) is 19.8 Å². The summed E-state index contributed by atoms with van der Waals surface area (Å²) in [4.78, 5) is 0. The molecule has 0 aliphatic rings. The molecule has 0 heteroatoms. The van der Waals surface area contributed by atoms with Gasteiger partial charge in [0.2, 0.25) is 0 Å². The van der Waals surface area contributed by atoms with Crippen molar-refractivity contribution < 1.29 is 0 Å². The van der Waals surface area contributed by atoms with E-state index in [0.717, 1.165) is 5.92 Å². The van der Waals surface area contributed by atoms with E-state index in [9.17, 15) is 0 Å². The van der Waals surface area contributed by atoms with Crippen LogP contribution >= 0.6 is 0 Å². The van der Waals surface area contributed by atoms with Crippen LogP contribution < -0.4 is 0 Å². The summed E-state index contributed by atoms with van der Waals surface area (Å²) >= 11 is 0. The molecule has 1 aromatic rings. The Bertz CT molecular complexity index is 191. The van der Waals surface area contributed by atoms with Crippen molar-refractivity contribution >= 4 is 0 Å². The second kappa shape index (κ2) is 5.82. The summed E-state index contributed by atoms with van der Waals surface area (Å²) in [5.74, 6) is 0.833. The molecule has 0 saturated carbocycles. The fourth-order valence-electron chi connectivity index (χ4n) is 0.807. The normalized spacial score (nSPS) is 9.17. The van der Waals surface area contributed by atoms with Gasteiger partial charge < -0.3 is 0 Å². The summed E-state index contributed by atoms with van der Waals surface area (Å²) < 4.78 is 0. The van der Waals surface area contributed by atoms with E-state index < -0.39 is 0 Å². The van der Waals surface area contributed by atoms with E-state index in [0.29, 0.717) is 0 Å². The number of hydrogen-bond donors (Lipinski definition) is 0. The molecule has 0 spiro atoms. The van der Waals surface area contributed by atoms with Gasteiger partial charge in [-0.2, -0.15) is 0 Å². The highest BCUT2D eigenvalue weighted by molar-refractivity contribution is 5.20. The predicted octanol–water partition coefficient (Wildman–Crippen LogP) is 3.97. The molecule has 0 aliphatic carbocycles. The molecule has 0 radical (unpaired) electrons. The first-order chi connectivity index (χ1) is 5.52. The summed E-state index contributed by atoms with van der Waals surface area (Å²) in [6, 6.07) is 8.45. The van der Waals surface area contributed by atoms with E-state index in [-0.39, 0.29) is 0 Å². The highest BCUT2D eigenvalue weighted by atomic mass is 13.9. The van der Waals surface area contributed by atoms with Gasteiger partial charge in [-0.05, 0) is 19.8 Å². The van der Waals surface area contributed by atoms with E-state index in [1.807, 2.05) is 0 Å². The van der Waals surface area contributed by atoms with Crippen molar-refractivity contribution in [1.82, 2.24) is 0 Å². The Labute approximate surface area is 76.6 Å². The summed E-state index contributed by atoms with van der Waals surface area (Å²) in [5, 5.41) is 0. The molecule has 0 fully saturated rings. The highest BCUT2D eigenvalue weighted by Gasteiger charge is 1.80. The molecule has 0 aromatic heterocycles. The number of benzene rings is 1. The zero-order valence-corrected chi connectivity index (χ0v) is 8.89. The number of rotatable bonds is 0. The first-order valence-electron chi connectivity index (χ1n) is 4.55. The third-order valence-electron chi connectivity index (χ3n) is 1.17. The summed E-state index contributed by atoms with van der Waals surface area (Å²) in [6.07, 6.45) is 0. The van der Waals surface area contributed by atoms with Gasteiger partial charge >= 0.3 is 0 Å². The van der Waals surface area contributed by atoms with Gasteiger partial charge in [-0.3, -0.25) is 0 Å². The third kappa shape index (κ3) is 7.33. The van der Waals surface area contributed by atoms with Crippen LogP contribution in [0.4, 0.5) is 0 Å². The van der Waals surface area contributed by atoms with Gasteiger partial charge in [0.1, 0.15) is 0 Å². The van der Waals surface area contributed by atoms with Crippen molar-refractivity contribution in [3.63, 3.8) is 0 Å². The summed E-state index contributed by atoms with van der Waals surface area (Å²) in [7, 11) is 0. The topological polar surface area (TPSA) is 0 Å². The smallest absolute Gasteiger partial charge is 0.0398 e. The fourth-order valence-corrected chi connectivity index (χ4v) is 0.807. The Morgan fingerprint density at radius 2 is 1.25 bits per heavy atom. The lowest BCUT2D eigenvalue weighted by molar-refractivity contribution is 0.737. The molecule has 0 atom stereocenters. The van der Waals surface area contributed by atoms with Gasteiger partial charge in [0.05, 0.1) is 0 Å². The largest absolute Gasteiger partial charge is 0.0630 e. The molecule has 0 amide bonds. The zero-order valence-electron chi connectivity index (χ0n) is 8.89. The molecule has 1 rings (SSSR count). The summed E-state index contributed by atoms with van der Waals surface area (Å²) in [5.41, 5.74) is 2.68. The molecular weight excluding hydrogens is 144 g/mol. The van der Waals surface area contributed by atoms with Crippen LogP contribution in [0.5, 0.6) is 0 Å². The van der Waals surface area contributed by atoms with Crippen LogP contribution in [0.25, 0.3) is 0 Å². The lowest BCUT2D eigenvalue weighted by Gasteiger charge is -1.90. The van der Waals surface area contributed by atoms with Crippen LogP contribution in [-0.4, -0.2) is 0 Å². The summed E-state index contributed by atoms with van der Waals surface area (Å²) in [6.45, 7) is 10.7. The van der Waals surface area contributed by atoms with Gasteiger partial charge in [-0.1, -0.05) is 56.2 Å². The first-order valence-corrected chi connectivity index (χ1v) is 4.55. The Balaban J connectivity index is 0.000000261. The Morgan fingerprint density at radius 1 is 0.917 bits per heavy atom. The molecular formula is C12H20. The molecule has 0 saturated heterocycles. The highest BCUT2D eigenvalue weighted by Crippen LogP contribution is 2.00. The number of aryl methyl sites for hydroxylation is 2. The minimum absolute atomic E-state index is 0.833. The van der Waals surface area contributed by atoms with Crippen LogP contribution in [0.2, 0.25) is 0 Å². The molecule has 1 aromatic carbocycles. The second-order valence-electron chi connectivity index (χ2n) is 3.89. The van der Waals surface area contributed by atoms with Crippen molar-refractivity contribution in [2.24, 2.45) is 5.92 Å². The molecule has 12 heavy (non-hydrogen) atoms. The van der Waals surface area contributed by atoms with Crippen molar-refractivity contribution in [3.8, 4) is 0 Å². The van der Waals surface area contributed by atoms with E-state index >= 15 is 0 Å². The molecule has 0 aliphatic heterocycles. The van der Waals surface area contributed by atoms with Crippen molar-refractivity contribution in [2.45, 2.75) is 34.6 Å². The molecule has 68 valence electrons. The van der Waals surface area contributed by atoms with E-state index in [1.165, 1.54) is 11.1 Å². The maximum atomic E-state index is 2.17. The Kier molecular flexibility index (Phi) is 5.44. The molecule has 0 nitrogen and oxygen atoms in total. The molecule has 0 heterocycles. The van der Waals surface area contributed by atoms with Crippen molar-refractivity contribution in [3.05, 3.63) is 35.4 Å². The van der Waals surface area contributed by atoms with Gasteiger partial charge in [-0.25, -0.2) is 0 Å². The quantitative estimate of drug-likeness (QED) is 0.544. The van der Waals surface area contributed by atoms with Crippen molar-refractivity contribution in [1.29, 1.82) is 0 Å². The van der Waals surface area contributed by atoms with Crippen LogP contribution in [0.3, 0.4) is 0 Å². The standard InChI is InChI=1S/C8H10.C4H10/c1-7-4-3-5-8(2)6-7;1-4(2)3/h3-6H,1-2H3;4H,1-3H3. The first kappa shape index (κ1) is 11.2.